The first kappa shape index (κ1) is 30.1. The summed E-state index contributed by atoms with van der Waals surface area (Å²) in [6.45, 7) is 7.63. The number of nitrogens with zero attached hydrogens (tertiary/aromatic N) is 4. The molecule has 2 unspecified atom stereocenters. The van der Waals surface area contributed by atoms with Gasteiger partial charge in [0.05, 0.1) is 11.4 Å². The molecule has 0 radical (unpaired) electrons. The minimum Gasteiger partial charge on any atom is -0.458 e. The van der Waals surface area contributed by atoms with Gasteiger partial charge < -0.3 is 4.74 Å². The number of cyclic esters (lactones) is 1. The molecule has 1 saturated carbocycles. The molecule has 1 aliphatic heterocycles. The lowest BCUT2D eigenvalue weighted by Gasteiger charge is -2.43. The maximum atomic E-state index is 13.6. The van der Waals surface area contributed by atoms with Crippen molar-refractivity contribution >= 4 is 33.2 Å². The van der Waals surface area contributed by atoms with Gasteiger partial charge in [0.1, 0.15) is 11.5 Å². The van der Waals surface area contributed by atoms with Crippen molar-refractivity contribution in [3.8, 4) is 0 Å². The molecule has 2 aromatic heterocycles. The minimum atomic E-state index is -3.39. The summed E-state index contributed by atoms with van der Waals surface area (Å²) in [6, 6.07) is 7.67. The molecule has 226 valence electrons. The highest BCUT2D eigenvalue weighted by Crippen LogP contribution is 2.45. The van der Waals surface area contributed by atoms with Gasteiger partial charge in [0.25, 0.3) is 5.78 Å². The van der Waals surface area contributed by atoms with Gasteiger partial charge >= 0.3 is 5.97 Å². The molecular weight excluding hydrogens is 554 g/mol. The fraction of sp³-hybridized carbons (Fsp3) is 0.581. The van der Waals surface area contributed by atoms with Gasteiger partial charge in [-0.25, -0.2) is 17.9 Å². The van der Waals surface area contributed by atoms with E-state index >= 15 is 0 Å². The van der Waals surface area contributed by atoms with Gasteiger partial charge in [-0.15, -0.1) is 5.10 Å². The predicted molar refractivity (Wildman–Crippen MR) is 160 cm³/mol. The average Bonchev–Trinajstić information content (AvgIpc) is 3.61. The lowest BCUT2D eigenvalue weighted by molar-refractivity contribution is -0.185. The summed E-state index contributed by atoms with van der Waals surface area (Å²) in [6.07, 6.45) is 6.65. The van der Waals surface area contributed by atoms with E-state index in [1.165, 1.54) is 0 Å². The Balaban J connectivity index is 1.33. The largest absolute Gasteiger partial charge is 0.458 e. The molecular formula is C31H41N5O5S. The van der Waals surface area contributed by atoms with E-state index < -0.39 is 27.5 Å². The zero-order chi connectivity index (χ0) is 30.1. The molecule has 1 saturated heterocycles. The summed E-state index contributed by atoms with van der Waals surface area (Å²) in [5, 5.41) is 4.50. The number of ketones is 1. The van der Waals surface area contributed by atoms with Crippen LogP contribution in [0.25, 0.3) is 5.78 Å². The Morgan fingerprint density at radius 1 is 1.10 bits per heavy atom. The molecule has 0 spiro atoms. The second-order valence-electron chi connectivity index (χ2n) is 11.9. The molecule has 42 heavy (non-hydrogen) atoms. The van der Waals surface area contributed by atoms with E-state index in [2.05, 4.69) is 19.8 Å². The van der Waals surface area contributed by atoms with Crippen LogP contribution in [0.2, 0.25) is 0 Å². The standard InChI is InChI=1S/C31H41N5O5S/c1-5-15-42(39,40)35-26-12-11-22(17-23(26)6-2)13-14-31(24-9-7-8-10-24)19-27(37)25(29(38)41-31)18-28-33-30-32-20(3)16-21(4)36(30)34-28/h11-12,16-17,24-25,35H,5-10,13-15,18-19H2,1-4H3. The van der Waals surface area contributed by atoms with E-state index in [0.717, 1.165) is 48.2 Å². The second-order valence-corrected chi connectivity index (χ2v) is 13.8. The third-order valence-corrected chi connectivity index (χ3v) is 10.2. The van der Waals surface area contributed by atoms with Crippen LogP contribution >= 0.6 is 0 Å². The maximum absolute atomic E-state index is 13.6. The number of esters is 1. The zero-order valence-corrected chi connectivity index (χ0v) is 25.8. The van der Waals surface area contributed by atoms with Crippen LogP contribution in [0.15, 0.2) is 24.3 Å². The van der Waals surface area contributed by atoms with Crippen LogP contribution in [0.5, 0.6) is 0 Å². The van der Waals surface area contributed by atoms with Crippen LogP contribution in [0.1, 0.15) is 87.1 Å². The van der Waals surface area contributed by atoms with E-state index in [-0.39, 0.29) is 30.3 Å². The number of carbonyl (C=O) groups excluding carboxylic acids is 2. The van der Waals surface area contributed by atoms with E-state index in [9.17, 15) is 18.0 Å². The van der Waals surface area contributed by atoms with Crippen LogP contribution in [0.4, 0.5) is 5.69 Å². The van der Waals surface area contributed by atoms with Crippen LogP contribution in [0, 0.1) is 25.7 Å². The van der Waals surface area contributed by atoms with E-state index in [1.807, 2.05) is 52.0 Å². The van der Waals surface area contributed by atoms with E-state index in [1.54, 1.807) is 4.52 Å². The van der Waals surface area contributed by atoms with Crippen LogP contribution in [-0.4, -0.2) is 51.1 Å². The van der Waals surface area contributed by atoms with Gasteiger partial charge in [-0.05, 0) is 81.5 Å². The lowest BCUT2D eigenvalue weighted by Crippen LogP contribution is -2.52. The number of ether oxygens (including phenoxy) is 1. The number of benzene rings is 1. The van der Waals surface area contributed by atoms with Gasteiger partial charge in [-0.1, -0.05) is 38.8 Å². The number of rotatable bonds is 11. The Bertz CT molecular complexity index is 1570. The van der Waals surface area contributed by atoms with Crippen molar-refractivity contribution in [2.75, 3.05) is 10.5 Å². The van der Waals surface area contributed by atoms with Crippen molar-refractivity contribution in [3.63, 3.8) is 0 Å². The quantitative estimate of drug-likeness (QED) is 0.249. The average molecular weight is 596 g/mol. The summed E-state index contributed by atoms with van der Waals surface area (Å²) in [7, 11) is -3.39. The molecule has 5 rings (SSSR count). The Morgan fingerprint density at radius 2 is 1.86 bits per heavy atom. The predicted octanol–water partition coefficient (Wildman–Crippen LogP) is 4.69. The monoisotopic (exact) mass is 595 g/mol. The Hall–Kier alpha value is -3.34. The lowest BCUT2D eigenvalue weighted by atomic mass is 9.73. The third kappa shape index (κ3) is 6.35. The molecule has 1 N–H and O–H groups in total. The molecule has 1 aliphatic carbocycles. The Morgan fingerprint density at radius 3 is 2.55 bits per heavy atom. The van der Waals surface area contributed by atoms with Gasteiger partial charge in [0.15, 0.2) is 11.6 Å². The van der Waals surface area contributed by atoms with Crippen LogP contribution in [0.3, 0.4) is 0 Å². The first-order valence-corrected chi connectivity index (χ1v) is 16.8. The van der Waals surface area contributed by atoms with Gasteiger partial charge in [0.2, 0.25) is 10.0 Å². The number of carbonyl (C=O) groups is 2. The number of aryl methyl sites for hydroxylation is 4. The fourth-order valence-electron chi connectivity index (χ4n) is 6.59. The Labute approximate surface area is 247 Å². The first-order valence-electron chi connectivity index (χ1n) is 15.1. The molecule has 1 aromatic carbocycles. The molecule has 3 aromatic rings. The minimum absolute atomic E-state index is 0.0750. The highest BCUT2D eigenvalue weighted by Gasteiger charge is 2.51. The molecule has 2 atom stereocenters. The van der Waals surface area contributed by atoms with Gasteiger partial charge in [-0.2, -0.15) is 4.98 Å². The number of hydrogen-bond donors (Lipinski definition) is 1. The summed E-state index contributed by atoms with van der Waals surface area (Å²) in [5.41, 5.74) is 3.41. The SMILES string of the molecule is CCCS(=O)(=O)Nc1ccc(CCC2(C3CCCC3)CC(=O)C(Cc3nc4nc(C)cc(C)n4n3)C(=O)O2)cc1CC. The summed E-state index contributed by atoms with van der Waals surface area (Å²) in [5.74, 6) is -0.469. The van der Waals surface area contributed by atoms with Crippen molar-refractivity contribution in [2.24, 2.45) is 11.8 Å². The normalized spacial score (nSPS) is 21.7. The van der Waals surface area contributed by atoms with Crippen molar-refractivity contribution in [2.45, 2.75) is 97.5 Å². The first-order chi connectivity index (χ1) is 20.0. The van der Waals surface area contributed by atoms with Crippen molar-refractivity contribution in [3.05, 3.63) is 52.6 Å². The number of hydrogen-bond acceptors (Lipinski definition) is 8. The highest BCUT2D eigenvalue weighted by molar-refractivity contribution is 7.92. The highest BCUT2D eigenvalue weighted by atomic mass is 32.2. The van der Waals surface area contributed by atoms with Crippen molar-refractivity contribution < 1.29 is 22.7 Å². The third-order valence-electron chi connectivity index (χ3n) is 8.72. The number of aromatic nitrogens is 4. The molecule has 10 nitrogen and oxygen atoms in total. The molecule has 2 aliphatic rings. The van der Waals surface area contributed by atoms with Crippen LogP contribution < -0.4 is 4.72 Å². The fourth-order valence-corrected chi connectivity index (χ4v) is 7.77. The van der Waals surface area contributed by atoms with Crippen molar-refractivity contribution in [1.29, 1.82) is 0 Å². The van der Waals surface area contributed by atoms with E-state index in [4.69, 9.17) is 4.74 Å². The molecule has 11 heteroatoms. The zero-order valence-electron chi connectivity index (χ0n) is 25.0. The van der Waals surface area contributed by atoms with E-state index in [0.29, 0.717) is 43.0 Å². The molecule has 3 heterocycles. The number of Topliss-reactive ketones (excluding diaryl/α,β-unsaturated/α-hetero) is 1. The summed E-state index contributed by atoms with van der Waals surface area (Å²) < 4.78 is 35.3. The number of anilines is 1. The van der Waals surface area contributed by atoms with Gasteiger partial charge in [-0.3, -0.25) is 14.3 Å². The van der Waals surface area contributed by atoms with Crippen molar-refractivity contribution in [1.82, 2.24) is 19.6 Å². The van der Waals surface area contributed by atoms with Gasteiger partial charge in [0, 0.05) is 24.2 Å². The summed E-state index contributed by atoms with van der Waals surface area (Å²) in [4.78, 5) is 36.0. The molecule has 2 fully saturated rings. The van der Waals surface area contributed by atoms with Crippen LogP contribution in [-0.2, 0) is 43.6 Å². The topological polar surface area (TPSA) is 133 Å². The molecule has 0 bridgehead atoms. The number of fused-ring (bicyclic) bond motifs is 1. The Kier molecular flexibility index (Phi) is 8.68. The second kappa shape index (κ2) is 12.1. The number of nitrogens with one attached hydrogen (secondary N) is 1. The number of sulfonamides is 1. The summed E-state index contributed by atoms with van der Waals surface area (Å²) >= 11 is 0. The maximum Gasteiger partial charge on any atom is 0.317 e. The molecule has 0 amide bonds. The smallest absolute Gasteiger partial charge is 0.317 e.